The lowest BCUT2D eigenvalue weighted by Crippen LogP contribution is -2.26. The standard InChI is InChI=1S/C14H17N5/c15-14(16)18-17-10-4-8-13-9-5-11-19(13)12-6-2-1-3-7-12/h1-9,11,17H,10H2,(H4,15,16,18)/b8-4+. The molecule has 0 unspecified atom stereocenters. The van der Waals surface area contributed by atoms with Gasteiger partial charge in [-0.1, -0.05) is 24.3 Å². The third-order valence-electron chi connectivity index (χ3n) is 2.52. The van der Waals surface area contributed by atoms with Gasteiger partial charge < -0.3 is 21.5 Å². The Bertz CT molecular complexity index is 565. The fraction of sp³-hybridized carbons (Fsp3) is 0.0714. The van der Waals surface area contributed by atoms with Gasteiger partial charge in [0.2, 0.25) is 5.96 Å². The Morgan fingerprint density at radius 3 is 2.68 bits per heavy atom. The highest BCUT2D eigenvalue weighted by atomic mass is 15.3. The average molecular weight is 255 g/mol. The van der Waals surface area contributed by atoms with Crippen LogP contribution in [0.4, 0.5) is 0 Å². The number of hydrogen-bond acceptors (Lipinski definition) is 2. The molecule has 19 heavy (non-hydrogen) atoms. The second-order valence-electron chi connectivity index (χ2n) is 3.94. The summed E-state index contributed by atoms with van der Waals surface area (Å²) in [5, 5.41) is 3.69. The molecule has 0 spiro atoms. The van der Waals surface area contributed by atoms with Gasteiger partial charge in [0.1, 0.15) is 0 Å². The lowest BCUT2D eigenvalue weighted by Gasteiger charge is -2.05. The average Bonchev–Trinajstić information content (AvgIpc) is 2.87. The van der Waals surface area contributed by atoms with Crippen molar-refractivity contribution in [3.8, 4) is 5.69 Å². The summed E-state index contributed by atoms with van der Waals surface area (Å²) in [5.74, 6) is 0.0288. The molecule has 0 bridgehead atoms. The highest BCUT2D eigenvalue weighted by molar-refractivity contribution is 5.75. The first kappa shape index (κ1) is 12.8. The first-order chi connectivity index (χ1) is 9.27. The van der Waals surface area contributed by atoms with Gasteiger partial charge in [-0.05, 0) is 30.3 Å². The Hall–Kier alpha value is -2.69. The monoisotopic (exact) mass is 255 g/mol. The Morgan fingerprint density at radius 1 is 1.16 bits per heavy atom. The summed E-state index contributed by atoms with van der Waals surface area (Å²) in [6.07, 6.45) is 6.00. The van der Waals surface area contributed by atoms with Gasteiger partial charge >= 0.3 is 0 Å². The molecule has 5 heteroatoms. The Morgan fingerprint density at radius 2 is 1.95 bits per heavy atom. The zero-order valence-electron chi connectivity index (χ0n) is 10.5. The van der Waals surface area contributed by atoms with Gasteiger partial charge in [0.25, 0.3) is 0 Å². The van der Waals surface area contributed by atoms with E-state index in [0.29, 0.717) is 6.54 Å². The van der Waals surface area contributed by atoms with Crippen molar-refractivity contribution >= 4 is 12.0 Å². The zero-order valence-corrected chi connectivity index (χ0v) is 10.5. The molecule has 1 heterocycles. The highest BCUT2D eigenvalue weighted by Gasteiger charge is 1.98. The molecule has 0 saturated heterocycles. The van der Waals surface area contributed by atoms with Crippen molar-refractivity contribution in [1.29, 1.82) is 0 Å². The van der Waals surface area contributed by atoms with Crippen LogP contribution in [-0.4, -0.2) is 17.1 Å². The zero-order chi connectivity index (χ0) is 13.5. The van der Waals surface area contributed by atoms with Crippen LogP contribution < -0.4 is 16.9 Å². The molecule has 98 valence electrons. The third kappa shape index (κ3) is 3.64. The first-order valence-electron chi connectivity index (χ1n) is 5.98. The van der Waals surface area contributed by atoms with E-state index in [9.17, 15) is 0 Å². The molecule has 0 saturated carbocycles. The Kier molecular flexibility index (Phi) is 4.23. The van der Waals surface area contributed by atoms with Crippen molar-refractivity contribution in [1.82, 2.24) is 9.99 Å². The van der Waals surface area contributed by atoms with Gasteiger partial charge in [-0.25, -0.2) is 0 Å². The van der Waals surface area contributed by atoms with Crippen molar-refractivity contribution < 1.29 is 0 Å². The number of nitrogens with zero attached hydrogens (tertiary/aromatic N) is 2. The minimum atomic E-state index is 0.0288. The van der Waals surface area contributed by atoms with Crippen LogP contribution in [0.5, 0.6) is 0 Å². The summed E-state index contributed by atoms with van der Waals surface area (Å²) in [6.45, 7) is 0.567. The summed E-state index contributed by atoms with van der Waals surface area (Å²) in [4.78, 5) is 0. The maximum absolute atomic E-state index is 5.21. The lowest BCUT2D eigenvalue weighted by atomic mass is 10.3. The van der Waals surface area contributed by atoms with Crippen LogP contribution in [0.1, 0.15) is 5.69 Å². The van der Waals surface area contributed by atoms with E-state index in [2.05, 4.69) is 27.2 Å². The van der Waals surface area contributed by atoms with Crippen LogP contribution in [0.3, 0.4) is 0 Å². The lowest BCUT2D eigenvalue weighted by molar-refractivity contribution is 0.822. The van der Waals surface area contributed by atoms with E-state index in [-0.39, 0.29) is 5.96 Å². The van der Waals surface area contributed by atoms with E-state index in [4.69, 9.17) is 11.5 Å². The number of guanidine groups is 1. The van der Waals surface area contributed by atoms with Crippen LogP contribution in [0, 0.1) is 0 Å². The molecule has 0 radical (unpaired) electrons. The topological polar surface area (TPSA) is 81.4 Å². The van der Waals surface area contributed by atoms with Gasteiger partial charge in [-0.3, -0.25) is 0 Å². The summed E-state index contributed by atoms with van der Waals surface area (Å²) in [7, 11) is 0. The van der Waals surface area contributed by atoms with Crippen LogP contribution in [0.2, 0.25) is 0 Å². The van der Waals surface area contributed by atoms with Gasteiger partial charge in [-0.15, -0.1) is 5.10 Å². The number of para-hydroxylation sites is 1. The van der Waals surface area contributed by atoms with Crippen molar-refractivity contribution in [2.24, 2.45) is 16.6 Å². The molecule has 2 aromatic rings. The number of nitrogens with two attached hydrogens (primary N) is 2. The quantitative estimate of drug-likeness (QED) is 0.326. The number of benzene rings is 1. The Balaban J connectivity index is 2.04. The van der Waals surface area contributed by atoms with Gasteiger partial charge in [0.05, 0.1) is 6.54 Å². The van der Waals surface area contributed by atoms with Gasteiger partial charge in [0, 0.05) is 17.6 Å². The minimum Gasteiger partial charge on any atom is -0.369 e. The summed E-state index contributed by atoms with van der Waals surface area (Å²) in [6, 6.07) is 14.2. The molecule has 2 rings (SSSR count). The molecule has 5 nitrogen and oxygen atoms in total. The van der Waals surface area contributed by atoms with E-state index in [1.807, 2.05) is 48.7 Å². The van der Waals surface area contributed by atoms with E-state index in [1.165, 1.54) is 0 Å². The number of aromatic nitrogens is 1. The SMILES string of the molecule is NC(N)=NNC/C=C/c1cccn1-c1ccccc1. The normalized spacial score (nSPS) is 10.5. The molecule has 0 aliphatic rings. The first-order valence-corrected chi connectivity index (χ1v) is 5.98. The number of hydrogen-bond donors (Lipinski definition) is 3. The molecular formula is C14H17N5. The predicted octanol–water partition coefficient (Wildman–Crippen LogP) is 1.27. The molecular weight excluding hydrogens is 238 g/mol. The maximum Gasteiger partial charge on any atom is 0.208 e. The summed E-state index contributed by atoms with van der Waals surface area (Å²) < 4.78 is 2.11. The summed E-state index contributed by atoms with van der Waals surface area (Å²) >= 11 is 0. The Labute approximate surface area is 112 Å². The summed E-state index contributed by atoms with van der Waals surface area (Å²) in [5.41, 5.74) is 15.4. The highest BCUT2D eigenvalue weighted by Crippen LogP contribution is 2.13. The van der Waals surface area contributed by atoms with Crippen LogP contribution in [0.15, 0.2) is 59.8 Å². The maximum atomic E-state index is 5.21. The molecule has 0 fully saturated rings. The second kappa shape index (κ2) is 6.30. The van der Waals surface area contributed by atoms with Crippen molar-refractivity contribution in [2.75, 3.05) is 6.54 Å². The molecule has 1 aromatic heterocycles. The van der Waals surface area contributed by atoms with Crippen molar-refractivity contribution in [3.63, 3.8) is 0 Å². The van der Waals surface area contributed by atoms with Crippen LogP contribution in [-0.2, 0) is 0 Å². The minimum absolute atomic E-state index is 0.0288. The smallest absolute Gasteiger partial charge is 0.208 e. The van der Waals surface area contributed by atoms with Crippen molar-refractivity contribution in [2.45, 2.75) is 0 Å². The number of hydrazone groups is 1. The van der Waals surface area contributed by atoms with Crippen LogP contribution >= 0.6 is 0 Å². The number of rotatable bonds is 5. The molecule has 0 atom stereocenters. The molecule has 1 aromatic carbocycles. The fourth-order valence-electron chi connectivity index (χ4n) is 1.72. The predicted molar refractivity (Wildman–Crippen MR) is 78.6 cm³/mol. The van der Waals surface area contributed by atoms with E-state index >= 15 is 0 Å². The fourth-order valence-corrected chi connectivity index (χ4v) is 1.72. The van der Waals surface area contributed by atoms with Crippen LogP contribution in [0.25, 0.3) is 11.8 Å². The van der Waals surface area contributed by atoms with E-state index in [0.717, 1.165) is 11.4 Å². The number of nitrogens with one attached hydrogen (secondary N) is 1. The molecule has 0 amide bonds. The van der Waals surface area contributed by atoms with Crippen molar-refractivity contribution in [3.05, 3.63) is 60.4 Å². The molecule has 5 N–H and O–H groups in total. The molecule has 0 aliphatic carbocycles. The second-order valence-corrected chi connectivity index (χ2v) is 3.94. The van der Waals surface area contributed by atoms with Gasteiger partial charge in [0.15, 0.2) is 0 Å². The van der Waals surface area contributed by atoms with Gasteiger partial charge in [-0.2, -0.15) is 0 Å². The van der Waals surface area contributed by atoms with E-state index < -0.39 is 0 Å². The molecule has 0 aliphatic heterocycles. The van der Waals surface area contributed by atoms with E-state index in [1.54, 1.807) is 0 Å². The largest absolute Gasteiger partial charge is 0.369 e. The third-order valence-corrected chi connectivity index (χ3v) is 2.52.